The summed E-state index contributed by atoms with van der Waals surface area (Å²) < 4.78 is 34.4. The molecule has 2 N–H and O–H groups in total. The van der Waals surface area contributed by atoms with Crippen molar-refractivity contribution in [1.82, 2.24) is 14.9 Å². The monoisotopic (exact) mass is 572 g/mol. The summed E-state index contributed by atoms with van der Waals surface area (Å²) in [6, 6.07) is 11.0. The Bertz CT molecular complexity index is 1180. The van der Waals surface area contributed by atoms with E-state index in [-0.39, 0.29) is 22.3 Å². The Labute approximate surface area is 226 Å². The molecule has 0 aromatic heterocycles. The maximum Gasteiger partial charge on any atom is 0.246 e. The molecule has 3 rings (SSSR count). The third kappa shape index (κ3) is 7.87. The van der Waals surface area contributed by atoms with Crippen molar-refractivity contribution >= 4 is 62.3 Å². The number of thiocarbonyl (C=S) groups is 1. The molecule has 2 aromatic carbocycles. The highest BCUT2D eigenvalue weighted by Crippen LogP contribution is 2.35. The second kappa shape index (κ2) is 13.0. The number of hydrogen-bond donors (Lipinski definition) is 2. The van der Waals surface area contributed by atoms with Gasteiger partial charge in [0, 0.05) is 35.7 Å². The molecule has 0 amide bonds. The fourth-order valence-corrected chi connectivity index (χ4v) is 6.43. The van der Waals surface area contributed by atoms with Crippen LogP contribution in [0.4, 0.5) is 0 Å². The quantitative estimate of drug-likeness (QED) is 0.319. The van der Waals surface area contributed by atoms with Gasteiger partial charge in [-0.05, 0) is 79.9 Å². The lowest BCUT2D eigenvalue weighted by Gasteiger charge is -2.32. The molecular formula is C23H26Cl2N4O3S3. The predicted molar refractivity (Wildman–Crippen MR) is 146 cm³/mol. The lowest BCUT2D eigenvalue weighted by molar-refractivity contribution is 0.306. The Morgan fingerprint density at radius 3 is 2.54 bits per heavy atom. The summed E-state index contributed by atoms with van der Waals surface area (Å²) in [6.45, 7) is 1.43. The highest BCUT2D eigenvalue weighted by molar-refractivity contribution is 7.98. The number of halogens is 2. The second-order valence-corrected chi connectivity index (χ2v) is 12.1. The van der Waals surface area contributed by atoms with E-state index in [1.807, 2.05) is 6.07 Å². The standard InChI is InChI=1S/C23H26Cl2N4O3S3/c1-34-10-2-7-27-23(33)28-19-5-8-29(9-6-19)35(30,31)22-11-16(15-26)3-4-21(22)32-20-13-17(24)12-18(25)14-20/h3-4,11-14,19H,2,5-10H2,1H3,(H2,27,28,33). The Hall–Kier alpha value is -1.74. The van der Waals surface area contributed by atoms with Crippen LogP contribution in [0.5, 0.6) is 11.5 Å². The second-order valence-electron chi connectivity index (χ2n) is 7.91. The molecule has 1 fully saturated rings. The SMILES string of the molecule is CSCCCNC(=S)NC1CCN(S(=O)(=O)c2cc(C#N)ccc2Oc2cc(Cl)cc(Cl)c2)CC1. The fraction of sp³-hybridized carbons (Fsp3) is 0.391. The van der Waals surface area contributed by atoms with Gasteiger partial charge in [0.15, 0.2) is 5.11 Å². The van der Waals surface area contributed by atoms with E-state index in [1.54, 1.807) is 17.8 Å². The van der Waals surface area contributed by atoms with E-state index in [0.717, 1.165) is 18.7 Å². The smallest absolute Gasteiger partial charge is 0.246 e. The Morgan fingerprint density at radius 1 is 1.23 bits per heavy atom. The number of rotatable bonds is 9. The predicted octanol–water partition coefficient (Wildman–Crippen LogP) is 5.03. The van der Waals surface area contributed by atoms with Gasteiger partial charge in [-0.25, -0.2) is 8.42 Å². The van der Waals surface area contributed by atoms with Crippen molar-refractivity contribution in [3.05, 3.63) is 52.0 Å². The number of benzene rings is 2. The number of nitrogens with one attached hydrogen (secondary N) is 2. The third-order valence-corrected chi connectivity index (χ3v) is 8.67. The largest absolute Gasteiger partial charge is 0.456 e. The molecule has 0 radical (unpaired) electrons. The zero-order chi connectivity index (χ0) is 25.4. The van der Waals surface area contributed by atoms with Gasteiger partial charge in [-0.2, -0.15) is 21.3 Å². The van der Waals surface area contributed by atoms with Gasteiger partial charge in [0.2, 0.25) is 10.0 Å². The topological polar surface area (TPSA) is 94.5 Å². The Morgan fingerprint density at radius 2 is 1.91 bits per heavy atom. The highest BCUT2D eigenvalue weighted by atomic mass is 35.5. The van der Waals surface area contributed by atoms with Crippen molar-refractivity contribution in [2.75, 3.05) is 31.6 Å². The van der Waals surface area contributed by atoms with Gasteiger partial charge in [-0.15, -0.1) is 0 Å². The molecule has 2 aromatic rings. The minimum absolute atomic E-state index is 0.0787. The van der Waals surface area contributed by atoms with Crippen molar-refractivity contribution in [3.8, 4) is 17.6 Å². The van der Waals surface area contributed by atoms with Crippen molar-refractivity contribution in [3.63, 3.8) is 0 Å². The van der Waals surface area contributed by atoms with Crippen LogP contribution in [0.3, 0.4) is 0 Å². The van der Waals surface area contributed by atoms with Crippen LogP contribution in [0, 0.1) is 11.3 Å². The lowest BCUT2D eigenvalue weighted by Crippen LogP contribution is -2.49. The van der Waals surface area contributed by atoms with E-state index in [0.29, 0.717) is 46.8 Å². The molecule has 0 spiro atoms. The van der Waals surface area contributed by atoms with Crippen molar-refractivity contribution in [2.24, 2.45) is 0 Å². The highest BCUT2D eigenvalue weighted by Gasteiger charge is 2.32. The molecule has 1 aliphatic heterocycles. The van der Waals surface area contributed by atoms with E-state index in [1.165, 1.54) is 34.6 Å². The lowest BCUT2D eigenvalue weighted by atomic mass is 10.1. The molecule has 0 aliphatic carbocycles. The first-order valence-corrected chi connectivity index (χ1v) is 14.9. The Kier molecular flexibility index (Phi) is 10.3. The van der Waals surface area contributed by atoms with Crippen LogP contribution in [-0.4, -0.2) is 55.5 Å². The molecule has 12 heteroatoms. The van der Waals surface area contributed by atoms with Crippen molar-refractivity contribution in [2.45, 2.75) is 30.2 Å². The van der Waals surface area contributed by atoms with Gasteiger partial charge < -0.3 is 15.4 Å². The molecule has 1 saturated heterocycles. The normalized spacial score (nSPS) is 14.8. The van der Waals surface area contributed by atoms with Gasteiger partial charge >= 0.3 is 0 Å². The third-order valence-electron chi connectivity index (χ3n) is 5.35. The first-order valence-electron chi connectivity index (χ1n) is 10.9. The average molecular weight is 574 g/mol. The molecule has 1 heterocycles. The van der Waals surface area contributed by atoms with E-state index in [9.17, 15) is 13.7 Å². The summed E-state index contributed by atoms with van der Waals surface area (Å²) in [5, 5.41) is 17.1. The molecule has 0 unspecified atom stereocenters. The molecule has 0 bridgehead atoms. The van der Waals surface area contributed by atoms with E-state index < -0.39 is 10.0 Å². The number of hydrogen-bond acceptors (Lipinski definition) is 6. The fourth-order valence-electron chi connectivity index (χ4n) is 3.61. The van der Waals surface area contributed by atoms with Crippen molar-refractivity contribution < 1.29 is 13.2 Å². The molecule has 0 saturated carbocycles. The van der Waals surface area contributed by atoms with Crippen LogP contribution in [0.25, 0.3) is 0 Å². The maximum absolute atomic E-state index is 13.6. The Balaban J connectivity index is 1.71. The van der Waals surface area contributed by atoms with Gasteiger partial charge in [0.1, 0.15) is 16.4 Å². The summed E-state index contributed by atoms with van der Waals surface area (Å²) in [5.41, 5.74) is 0.217. The summed E-state index contributed by atoms with van der Waals surface area (Å²) >= 11 is 19.3. The van der Waals surface area contributed by atoms with E-state index in [2.05, 4.69) is 16.9 Å². The number of nitrogens with zero attached hydrogens (tertiary/aromatic N) is 2. The molecule has 7 nitrogen and oxygen atoms in total. The van der Waals surface area contributed by atoms with E-state index in [4.69, 9.17) is 40.2 Å². The zero-order valence-electron chi connectivity index (χ0n) is 19.1. The zero-order valence-corrected chi connectivity index (χ0v) is 23.1. The number of piperidine rings is 1. The number of thioether (sulfide) groups is 1. The first kappa shape index (κ1) is 27.8. The minimum atomic E-state index is -3.93. The maximum atomic E-state index is 13.6. The van der Waals surface area contributed by atoms with Gasteiger partial charge in [0.05, 0.1) is 11.6 Å². The first-order chi connectivity index (χ1) is 16.7. The molecular weight excluding hydrogens is 547 g/mol. The summed E-state index contributed by atoms with van der Waals surface area (Å²) in [6.07, 6.45) is 4.29. The van der Waals surface area contributed by atoms with E-state index >= 15 is 0 Å². The molecule has 0 atom stereocenters. The van der Waals surface area contributed by atoms with Gasteiger partial charge in [0.25, 0.3) is 0 Å². The van der Waals surface area contributed by atoms with Crippen molar-refractivity contribution in [1.29, 1.82) is 5.26 Å². The molecule has 1 aliphatic rings. The van der Waals surface area contributed by atoms with Crippen LogP contribution >= 0.6 is 47.2 Å². The molecule has 188 valence electrons. The minimum Gasteiger partial charge on any atom is -0.456 e. The van der Waals surface area contributed by atoms with Crippen LogP contribution in [0.1, 0.15) is 24.8 Å². The van der Waals surface area contributed by atoms with Gasteiger partial charge in [-0.1, -0.05) is 23.2 Å². The van der Waals surface area contributed by atoms with Crippen LogP contribution in [0.2, 0.25) is 10.0 Å². The van der Waals surface area contributed by atoms with Gasteiger partial charge in [-0.3, -0.25) is 0 Å². The number of sulfonamides is 1. The summed E-state index contributed by atoms with van der Waals surface area (Å²) in [7, 11) is -3.93. The molecule has 35 heavy (non-hydrogen) atoms. The summed E-state index contributed by atoms with van der Waals surface area (Å²) in [4.78, 5) is -0.0787. The summed E-state index contributed by atoms with van der Waals surface area (Å²) in [5.74, 6) is 1.46. The van der Waals surface area contributed by atoms with Crippen LogP contribution in [0.15, 0.2) is 41.3 Å². The van der Waals surface area contributed by atoms with Crippen LogP contribution < -0.4 is 15.4 Å². The number of nitriles is 1. The number of ether oxygens (including phenoxy) is 1. The van der Waals surface area contributed by atoms with Crippen LogP contribution in [-0.2, 0) is 10.0 Å². The average Bonchev–Trinajstić information content (AvgIpc) is 2.82.